The van der Waals surface area contributed by atoms with Crippen molar-refractivity contribution in [3.05, 3.63) is 120 Å². The van der Waals surface area contributed by atoms with Crippen molar-refractivity contribution in [1.29, 1.82) is 0 Å². The summed E-state index contributed by atoms with van der Waals surface area (Å²) in [4.78, 5) is 4.60. The number of aryl methyl sites for hydroxylation is 3. The van der Waals surface area contributed by atoms with Gasteiger partial charge >= 0.3 is 0 Å². The first-order chi connectivity index (χ1) is 24.0. The largest absolute Gasteiger partial charge is 0.276 e. The minimum absolute atomic E-state index is 0.822. The lowest BCUT2D eigenvalue weighted by Crippen LogP contribution is -1.97. The van der Waals surface area contributed by atoms with Gasteiger partial charge < -0.3 is 0 Å². The number of aromatic nitrogens is 4. The first-order valence-corrected chi connectivity index (χ1v) is 19.0. The van der Waals surface area contributed by atoms with Crippen LogP contribution in [0, 0.1) is 13.8 Å². The van der Waals surface area contributed by atoms with Crippen molar-refractivity contribution < 1.29 is 0 Å². The molecule has 0 aliphatic heterocycles. The van der Waals surface area contributed by atoms with Gasteiger partial charge in [-0.3, -0.25) is 4.40 Å². The van der Waals surface area contributed by atoms with E-state index in [0.717, 1.165) is 51.3 Å². The number of nitrogens with zero attached hydrogens (tertiary/aromatic N) is 4. The van der Waals surface area contributed by atoms with E-state index in [9.17, 15) is 0 Å². The Morgan fingerprint density at radius 1 is 0.580 bits per heavy atom. The van der Waals surface area contributed by atoms with Crippen LogP contribution in [0.2, 0.25) is 0 Å². The van der Waals surface area contributed by atoms with Crippen molar-refractivity contribution in [3.63, 3.8) is 0 Å². The summed E-state index contributed by atoms with van der Waals surface area (Å²) < 4.78 is 2.04. The zero-order valence-corrected chi connectivity index (χ0v) is 34.4. The van der Waals surface area contributed by atoms with E-state index < -0.39 is 0 Å². The molecule has 5 rings (SSSR count). The fourth-order valence-corrected chi connectivity index (χ4v) is 3.62. The zero-order valence-electron chi connectivity index (χ0n) is 34.4. The van der Waals surface area contributed by atoms with Gasteiger partial charge in [-0.25, -0.2) is 4.98 Å². The summed E-state index contributed by atoms with van der Waals surface area (Å²) in [5, 5.41) is 8.28. The Kier molecular flexibility index (Phi) is 29.8. The van der Waals surface area contributed by atoms with E-state index in [-0.39, 0.29) is 0 Å². The maximum absolute atomic E-state index is 4.60. The Balaban J connectivity index is 0. The van der Waals surface area contributed by atoms with Gasteiger partial charge in [0.05, 0.1) is 16.7 Å². The molecule has 0 unspecified atom stereocenters. The monoisotopic (exact) mass is 681 g/mol. The molecule has 0 amide bonds. The molecule has 2 heterocycles. The highest BCUT2D eigenvalue weighted by Crippen LogP contribution is 2.22. The Labute approximate surface area is 308 Å². The molecule has 0 radical (unpaired) electrons. The number of unbranched alkanes of at least 4 members (excludes halogenated alkanes) is 3. The highest BCUT2D eigenvalue weighted by molar-refractivity contribution is 5.82. The number of hydrogen-bond acceptors (Lipinski definition) is 3. The van der Waals surface area contributed by atoms with Gasteiger partial charge in [-0.15, -0.1) is 10.2 Å². The molecule has 50 heavy (non-hydrogen) atoms. The summed E-state index contributed by atoms with van der Waals surface area (Å²) >= 11 is 0. The van der Waals surface area contributed by atoms with Crippen molar-refractivity contribution in [2.24, 2.45) is 0 Å². The predicted octanol–water partition coefficient (Wildman–Crippen LogP) is 14.7. The second kappa shape index (κ2) is 31.0. The van der Waals surface area contributed by atoms with Crippen LogP contribution in [0.25, 0.3) is 27.8 Å². The topological polar surface area (TPSA) is 43.1 Å². The Morgan fingerprint density at radius 2 is 1.02 bits per heavy atom. The third kappa shape index (κ3) is 20.5. The van der Waals surface area contributed by atoms with Gasteiger partial charge in [-0.2, -0.15) is 0 Å². The third-order valence-corrected chi connectivity index (χ3v) is 7.16. The number of fused-ring (bicyclic) bond motifs is 3. The van der Waals surface area contributed by atoms with Crippen LogP contribution < -0.4 is 0 Å². The van der Waals surface area contributed by atoms with E-state index in [4.69, 9.17) is 0 Å². The molecule has 4 nitrogen and oxygen atoms in total. The Hall–Kier alpha value is -4.05. The first kappa shape index (κ1) is 48.1. The lowest BCUT2D eigenvalue weighted by molar-refractivity contribution is 0.886. The van der Waals surface area contributed by atoms with Crippen LogP contribution in [-0.2, 0) is 6.42 Å². The first-order valence-electron chi connectivity index (χ1n) is 19.0. The van der Waals surface area contributed by atoms with Crippen LogP contribution in [0.4, 0.5) is 0 Å². The summed E-state index contributed by atoms with van der Waals surface area (Å²) in [7, 11) is 0. The van der Waals surface area contributed by atoms with Crippen molar-refractivity contribution in [2.75, 3.05) is 0 Å². The molecule has 5 aromatic rings. The molecule has 2 aromatic heterocycles. The summed E-state index contributed by atoms with van der Waals surface area (Å²) in [6.07, 6.45) is 10.3. The lowest BCUT2D eigenvalue weighted by atomic mass is 10.1. The van der Waals surface area contributed by atoms with E-state index >= 15 is 0 Å². The molecule has 0 N–H and O–H groups in total. The molecule has 0 bridgehead atoms. The van der Waals surface area contributed by atoms with Crippen molar-refractivity contribution >= 4 is 27.8 Å². The lowest BCUT2D eigenvalue weighted by Gasteiger charge is -2.07. The molecule has 4 heteroatoms. The maximum atomic E-state index is 4.60. The minimum atomic E-state index is 0.822. The predicted molar refractivity (Wildman–Crippen MR) is 227 cm³/mol. The highest BCUT2D eigenvalue weighted by Gasteiger charge is 2.10. The van der Waals surface area contributed by atoms with E-state index in [1.807, 2.05) is 56.4 Å². The highest BCUT2D eigenvalue weighted by atomic mass is 15.3. The summed E-state index contributed by atoms with van der Waals surface area (Å²) in [5.41, 5.74) is 9.59. The molecule has 0 atom stereocenters. The fraction of sp³-hybridized carbons (Fsp3) is 0.457. The van der Waals surface area contributed by atoms with Crippen LogP contribution in [0.5, 0.6) is 0 Å². The Morgan fingerprint density at radius 3 is 1.38 bits per heavy atom. The van der Waals surface area contributed by atoms with Crippen LogP contribution in [0.3, 0.4) is 0 Å². The van der Waals surface area contributed by atoms with Crippen molar-refractivity contribution in [2.45, 2.75) is 141 Å². The third-order valence-electron chi connectivity index (χ3n) is 7.16. The molecular weight excluding hydrogens is 609 g/mol. The SMILES string of the molecule is C=C(C)c1ccc2c(c1)nc(C)c1nnc(C)n12.C=C(C)c1ccccc1.CCC.CCCC.CCCC.CCCC.CCc1ccccc1. The van der Waals surface area contributed by atoms with E-state index in [1.54, 1.807) is 0 Å². The standard InChI is InChI=1S/C14H14N4.C9H10.C8H10.3C4H10.C3H8/c1-8(2)11-5-6-13-12(7-11)15-9(3)14-17-16-10(4)18(13)14;1-8(2)9-6-4-3-5-7-9;1-2-8-6-4-3-5-7-8;3*1-3-4-2;1-3-2/h5-7H,1H2,2-4H3;3-7H,1H2,2H3;3-7H,2H2,1H3;3*3-4H2,1-2H3;3H2,1-2H3. The van der Waals surface area contributed by atoms with Crippen LogP contribution >= 0.6 is 0 Å². The van der Waals surface area contributed by atoms with Crippen LogP contribution in [0.15, 0.2) is 92.0 Å². The minimum Gasteiger partial charge on any atom is -0.276 e. The zero-order chi connectivity index (χ0) is 38.3. The number of rotatable bonds is 6. The van der Waals surface area contributed by atoms with Gasteiger partial charge in [-0.05, 0) is 62.9 Å². The quantitative estimate of drug-likeness (QED) is 0.179. The molecule has 0 fully saturated rings. The molecule has 0 aliphatic carbocycles. The molecule has 0 spiro atoms. The smallest absolute Gasteiger partial charge is 0.182 e. The molecule has 0 saturated heterocycles. The molecule has 276 valence electrons. The average molecular weight is 681 g/mol. The normalized spacial score (nSPS) is 9.30. The number of hydrogen-bond donors (Lipinski definition) is 0. The molecule has 3 aromatic carbocycles. The van der Waals surface area contributed by atoms with Crippen LogP contribution in [0.1, 0.15) is 149 Å². The average Bonchev–Trinajstić information content (AvgIpc) is 3.55. The molecular formula is C46H72N4. The number of benzene rings is 3. The van der Waals surface area contributed by atoms with Gasteiger partial charge in [-0.1, -0.05) is 198 Å². The maximum Gasteiger partial charge on any atom is 0.182 e. The van der Waals surface area contributed by atoms with Crippen molar-refractivity contribution in [1.82, 2.24) is 19.6 Å². The van der Waals surface area contributed by atoms with Crippen molar-refractivity contribution in [3.8, 4) is 0 Å². The van der Waals surface area contributed by atoms with E-state index in [0.29, 0.717) is 0 Å². The second-order valence-electron chi connectivity index (χ2n) is 12.3. The van der Waals surface area contributed by atoms with Gasteiger partial charge in [0.1, 0.15) is 5.82 Å². The summed E-state index contributed by atoms with van der Waals surface area (Å²) in [6.45, 7) is 35.2. The molecule has 0 saturated carbocycles. The van der Waals surface area contributed by atoms with E-state index in [2.05, 4.69) is 145 Å². The molecule has 0 aliphatic rings. The number of allylic oxidation sites excluding steroid dienone is 2. The summed E-state index contributed by atoms with van der Waals surface area (Å²) in [5.74, 6) is 0.878. The summed E-state index contributed by atoms with van der Waals surface area (Å²) in [6, 6.07) is 26.8. The van der Waals surface area contributed by atoms with Gasteiger partial charge in [0.15, 0.2) is 5.65 Å². The van der Waals surface area contributed by atoms with Gasteiger partial charge in [0, 0.05) is 0 Å². The van der Waals surface area contributed by atoms with Crippen LogP contribution in [-0.4, -0.2) is 19.6 Å². The van der Waals surface area contributed by atoms with Gasteiger partial charge in [0.25, 0.3) is 0 Å². The second-order valence-corrected chi connectivity index (χ2v) is 12.3. The van der Waals surface area contributed by atoms with Gasteiger partial charge in [0.2, 0.25) is 0 Å². The fourth-order valence-electron chi connectivity index (χ4n) is 3.62. The Bertz CT molecular complexity index is 1530. The van der Waals surface area contributed by atoms with E-state index in [1.165, 1.54) is 56.1 Å².